The summed E-state index contributed by atoms with van der Waals surface area (Å²) in [6.45, 7) is 5.99. The zero-order valence-electron chi connectivity index (χ0n) is 13.8. The SMILES string of the molecule is Cc1cc(C)c(NC(=O)/C(C#N)=C\N(CCO)CCO)c(C)c1. The number of carbonyl (C=O) groups excluding carboxylic acids is 1. The highest BCUT2D eigenvalue weighted by atomic mass is 16.3. The molecule has 0 spiro atoms. The van der Waals surface area contributed by atoms with Gasteiger partial charge in [-0.2, -0.15) is 5.26 Å². The molecule has 0 aliphatic carbocycles. The summed E-state index contributed by atoms with van der Waals surface area (Å²) < 4.78 is 0. The summed E-state index contributed by atoms with van der Waals surface area (Å²) in [4.78, 5) is 13.9. The second-order valence-electron chi connectivity index (χ2n) is 5.37. The van der Waals surface area contributed by atoms with Gasteiger partial charge in [0.15, 0.2) is 0 Å². The average molecular weight is 317 g/mol. The van der Waals surface area contributed by atoms with Crippen molar-refractivity contribution in [3.63, 3.8) is 0 Å². The smallest absolute Gasteiger partial charge is 0.267 e. The molecular formula is C17H23N3O3. The molecule has 23 heavy (non-hydrogen) atoms. The van der Waals surface area contributed by atoms with Gasteiger partial charge in [-0.1, -0.05) is 17.7 Å². The van der Waals surface area contributed by atoms with Crippen molar-refractivity contribution in [2.45, 2.75) is 20.8 Å². The van der Waals surface area contributed by atoms with Crippen molar-refractivity contribution >= 4 is 11.6 Å². The first-order valence-corrected chi connectivity index (χ1v) is 7.39. The van der Waals surface area contributed by atoms with E-state index in [9.17, 15) is 10.1 Å². The number of nitrogens with one attached hydrogen (secondary N) is 1. The molecule has 3 N–H and O–H groups in total. The first kappa shape index (κ1) is 18.7. The molecule has 6 heteroatoms. The zero-order valence-corrected chi connectivity index (χ0v) is 13.8. The predicted molar refractivity (Wildman–Crippen MR) is 88.7 cm³/mol. The normalized spacial score (nSPS) is 11.0. The summed E-state index contributed by atoms with van der Waals surface area (Å²) in [5, 5.41) is 29.9. The number of carbonyl (C=O) groups is 1. The topological polar surface area (TPSA) is 96.6 Å². The van der Waals surface area contributed by atoms with E-state index in [4.69, 9.17) is 10.2 Å². The monoisotopic (exact) mass is 317 g/mol. The van der Waals surface area contributed by atoms with Gasteiger partial charge in [0.1, 0.15) is 11.6 Å². The number of aryl methyl sites for hydroxylation is 3. The van der Waals surface area contributed by atoms with Crippen LogP contribution >= 0.6 is 0 Å². The fraction of sp³-hybridized carbons (Fsp3) is 0.412. The molecule has 1 aromatic carbocycles. The van der Waals surface area contributed by atoms with Crippen LogP contribution in [0, 0.1) is 32.1 Å². The third-order valence-corrected chi connectivity index (χ3v) is 3.37. The molecule has 6 nitrogen and oxygen atoms in total. The van der Waals surface area contributed by atoms with Gasteiger partial charge in [0, 0.05) is 25.0 Å². The Bertz CT molecular complexity index is 603. The van der Waals surface area contributed by atoms with E-state index in [-0.39, 0.29) is 31.9 Å². The molecule has 0 saturated carbocycles. The Hall–Kier alpha value is -2.36. The lowest BCUT2D eigenvalue weighted by Gasteiger charge is -2.18. The lowest BCUT2D eigenvalue weighted by Crippen LogP contribution is -2.27. The van der Waals surface area contributed by atoms with Gasteiger partial charge < -0.3 is 20.4 Å². The summed E-state index contributed by atoms with van der Waals surface area (Å²) in [7, 11) is 0. The van der Waals surface area contributed by atoms with Gasteiger partial charge >= 0.3 is 0 Å². The van der Waals surface area contributed by atoms with Crippen molar-refractivity contribution < 1.29 is 15.0 Å². The molecule has 0 bridgehead atoms. The number of rotatable bonds is 7. The van der Waals surface area contributed by atoms with Crippen LogP contribution in [0.5, 0.6) is 0 Å². The summed E-state index contributed by atoms with van der Waals surface area (Å²) in [6, 6.07) is 5.78. The number of hydrogen-bond donors (Lipinski definition) is 3. The van der Waals surface area contributed by atoms with Gasteiger partial charge in [-0.25, -0.2) is 0 Å². The third-order valence-electron chi connectivity index (χ3n) is 3.37. The van der Waals surface area contributed by atoms with Crippen molar-refractivity contribution in [2.24, 2.45) is 0 Å². The molecule has 0 aromatic heterocycles. The van der Waals surface area contributed by atoms with Crippen molar-refractivity contribution in [1.29, 1.82) is 5.26 Å². The second-order valence-corrected chi connectivity index (χ2v) is 5.37. The third kappa shape index (κ3) is 5.40. The van der Waals surface area contributed by atoms with E-state index in [1.807, 2.05) is 39.0 Å². The van der Waals surface area contributed by atoms with E-state index in [2.05, 4.69) is 5.32 Å². The maximum Gasteiger partial charge on any atom is 0.267 e. The zero-order chi connectivity index (χ0) is 17.4. The van der Waals surface area contributed by atoms with Crippen LogP contribution in [-0.4, -0.2) is 47.3 Å². The molecule has 124 valence electrons. The van der Waals surface area contributed by atoms with Crippen LogP contribution in [-0.2, 0) is 4.79 Å². The van der Waals surface area contributed by atoms with Gasteiger partial charge in [-0.3, -0.25) is 4.79 Å². The largest absolute Gasteiger partial charge is 0.395 e. The minimum absolute atomic E-state index is 0.0775. The Balaban J connectivity index is 3.00. The van der Waals surface area contributed by atoms with E-state index in [1.165, 1.54) is 11.1 Å². The van der Waals surface area contributed by atoms with Crippen molar-refractivity contribution in [3.05, 3.63) is 40.6 Å². The molecule has 1 rings (SSSR count). The second kappa shape index (κ2) is 8.93. The molecule has 0 fully saturated rings. The quantitative estimate of drug-likeness (QED) is 0.519. The highest BCUT2D eigenvalue weighted by Crippen LogP contribution is 2.22. The fourth-order valence-corrected chi connectivity index (χ4v) is 2.38. The first-order valence-electron chi connectivity index (χ1n) is 7.39. The van der Waals surface area contributed by atoms with Gasteiger partial charge in [0.25, 0.3) is 5.91 Å². The number of anilines is 1. The lowest BCUT2D eigenvalue weighted by atomic mass is 10.0. The van der Waals surface area contributed by atoms with E-state index in [0.717, 1.165) is 16.7 Å². The summed E-state index contributed by atoms with van der Waals surface area (Å²) >= 11 is 0. The molecule has 0 saturated heterocycles. The molecule has 0 radical (unpaired) electrons. The Morgan fingerprint density at radius 1 is 1.22 bits per heavy atom. The van der Waals surface area contributed by atoms with E-state index < -0.39 is 5.91 Å². The number of amides is 1. The number of nitrogens with zero attached hydrogens (tertiary/aromatic N) is 2. The molecule has 0 aliphatic rings. The molecule has 0 heterocycles. The van der Waals surface area contributed by atoms with Crippen LogP contribution in [0.15, 0.2) is 23.9 Å². The van der Waals surface area contributed by atoms with Crippen LogP contribution in [0.3, 0.4) is 0 Å². The molecular weight excluding hydrogens is 294 g/mol. The maximum atomic E-state index is 12.3. The highest BCUT2D eigenvalue weighted by molar-refractivity contribution is 6.07. The maximum absolute atomic E-state index is 12.3. The van der Waals surface area contributed by atoms with E-state index >= 15 is 0 Å². The van der Waals surface area contributed by atoms with Crippen LogP contribution in [0.4, 0.5) is 5.69 Å². The van der Waals surface area contributed by atoms with Gasteiger partial charge in [-0.05, 0) is 31.9 Å². The molecule has 1 amide bonds. The molecule has 0 atom stereocenters. The van der Waals surface area contributed by atoms with Crippen molar-refractivity contribution in [1.82, 2.24) is 4.90 Å². The minimum Gasteiger partial charge on any atom is -0.395 e. The minimum atomic E-state index is -0.511. The van der Waals surface area contributed by atoms with Crippen molar-refractivity contribution in [3.8, 4) is 6.07 Å². The lowest BCUT2D eigenvalue weighted by molar-refractivity contribution is -0.112. The van der Waals surface area contributed by atoms with Crippen LogP contribution in [0.2, 0.25) is 0 Å². The predicted octanol–water partition coefficient (Wildman–Crippen LogP) is 1.24. The Kier molecular flexibility index (Phi) is 7.26. The first-order chi connectivity index (χ1) is 10.9. The highest BCUT2D eigenvalue weighted by Gasteiger charge is 2.14. The number of hydrogen-bond acceptors (Lipinski definition) is 5. The summed E-state index contributed by atoms with van der Waals surface area (Å²) in [6.07, 6.45) is 1.36. The van der Waals surface area contributed by atoms with Gasteiger partial charge in [0.05, 0.1) is 13.2 Å². The summed E-state index contributed by atoms with van der Waals surface area (Å²) in [5.41, 5.74) is 3.57. The number of aliphatic hydroxyl groups is 2. The Morgan fingerprint density at radius 2 is 1.74 bits per heavy atom. The fourth-order valence-electron chi connectivity index (χ4n) is 2.38. The van der Waals surface area contributed by atoms with Gasteiger partial charge in [0.2, 0.25) is 0 Å². The number of benzene rings is 1. The molecule has 1 aromatic rings. The van der Waals surface area contributed by atoms with Crippen LogP contribution < -0.4 is 5.32 Å². The van der Waals surface area contributed by atoms with Crippen LogP contribution in [0.25, 0.3) is 0 Å². The average Bonchev–Trinajstić information content (AvgIpc) is 2.48. The Morgan fingerprint density at radius 3 is 2.17 bits per heavy atom. The Labute approximate surface area is 136 Å². The number of nitriles is 1. The summed E-state index contributed by atoms with van der Waals surface area (Å²) in [5.74, 6) is -0.511. The standard InChI is InChI=1S/C17H23N3O3/c1-12-8-13(2)16(14(3)9-12)19-17(23)15(10-18)11-20(4-6-21)5-7-22/h8-9,11,21-22H,4-7H2,1-3H3,(H,19,23)/b15-11-. The van der Waals surface area contributed by atoms with Crippen molar-refractivity contribution in [2.75, 3.05) is 31.6 Å². The van der Waals surface area contributed by atoms with E-state index in [0.29, 0.717) is 5.69 Å². The number of aliphatic hydroxyl groups excluding tert-OH is 2. The van der Waals surface area contributed by atoms with Gasteiger partial charge in [-0.15, -0.1) is 0 Å². The molecule has 0 unspecified atom stereocenters. The molecule has 0 aliphatic heterocycles. The van der Waals surface area contributed by atoms with E-state index in [1.54, 1.807) is 0 Å². The van der Waals surface area contributed by atoms with Crippen LogP contribution in [0.1, 0.15) is 16.7 Å².